The molecule has 0 saturated heterocycles. The predicted molar refractivity (Wildman–Crippen MR) is 110 cm³/mol. The summed E-state index contributed by atoms with van der Waals surface area (Å²) >= 11 is 0. The molecule has 0 bridgehead atoms. The van der Waals surface area contributed by atoms with Gasteiger partial charge in [-0.15, -0.1) is 0 Å². The lowest BCUT2D eigenvalue weighted by molar-refractivity contribution is -0.118. The Hall–Kier alpha value is -3.73. The van der Waals surface area contributed by atoms with Crippen LogP contribution in [0.4, 0.5) is 5.69 Å². The molecule has 0 radical (unpaired) electrons. The van der Waals surface area contributed by atoms with E-state index in [4.69, 9.17) is 4.74 Å². The number of rotatable bonds is 5. The number of hydrogen-bond donors (Lipinski definition) is 1. The highest BCUT2D eigenvalue weighted by atomic mass is 16.5. The number of anilines is 1. The number of para-hydroxylation sites is 3. The van der Waals surface area contributed by atoms with Crippen molar-refractivity contribution in [2.24, 2.45) is 0 Å². The molecule has 0 aliphatic rings. The fraction of sp³-hybridized carbons (Fsp3) is 0.0870. The monoisotopic (exact) mass is 369 g/mol. The van der Waals surface area contributed by atoms with Crippen LogP contribution in [0.3, 0.4) is 0 Å². The van der Waals surface area contributed by atoms with Crippen LogP contribution >= 0.6 is 0 Å². The molecule has 28 heavy (non-hydrogen) atoms. The number of hydrogen-bond acceptors (Lipinski definition) is 4. The third-order valence-electron chi connectivity index (χ3n) is 4.39. The topological polar surface area (TPSA) is 64.1 Å². The van der Waals surface area contributed by atoms with Gasteiger partial charge in [0.15, 0.2) is 6.61 Å². The standard InChI is InChI=1S/C23H19N3O2/c1-16-6-2-3-7-19(16)26-23(27)15-28-18-12-10-17(11-13-18)22-14-24-20-8-4-5-9-21(20)25-22/h2-14H,15H2,1H3,(H,26,27). The van der Waals surface area contributed by atoms with E-state index >= 15 is 0 Å². The van der Waals surface area contributed by atoms with Crippen molar-refractivity contribution < 1.29 is 9.53 Å². The number of benzene rings is 3. The summed E-state index contributed by atoms with van der Waals surface area (Å²) in [4.78, 5) is 21.2. The van der Waals surface area contributed by atoms with Crippen molar-refractivity contribution in [2.45, 2.75) is 6.92 Å². The molecule has 1 heterocycles. The van der Waals surface area contributed by atoms with E-state index in [1.54, 1.807) is 6.20 Å². The van der Waals surface area contributed by atoms with Crippen molar-refractivity contribution in [1.29, 1.82) is 0 Å². The minimum absolute atomic E-state index is 0.0521. The van der Waals surface area contributed by atoms with Gasteiger partial charge in [0.2, 0.25) is 0 Å². The molecule has 0 spiro atoms. The molecule has 1 N–H and O–H groups in total. The van der Waals surface area contributed by atoms with E-state index in [0.29, 0.717) is 5.75 Å². The first-order chi connectivity index (χ1) is 13.7. The molecule has 3 aromatic carbocycles. The highest BCUT2D eigenvalue weighted by Crippen LogP contribution is 2.22. The number of carbonyl (C=O) groups is 1. The van der Waals surface area contributed by atoms with Crippen molar-refractivity contribution in [3.63, 3.8) is 0 Å². The average molecular weight is 369 g/mol. The summed E-state index contributed by atoms with van der Waals surface area (Å²) in [6.45, 7) is 1.90. The number of fused-ring (bicyclic) bond motifs is 1. The van der Waals surface area contributed by atoms with Crippen LogP contribution in [0, 0.1) is 6.92 Å². The molecule has 0 saturated carbocycles. The van der Waals surface area contributed by atoms with E-state index < -0.39 is 0 Å². The smallest absolute Gasteiger partial charge is 0.262 e. The van der Waals surface area contributed by atoms with Crippen LogP contribution in [0.15, 0.2) is 79.0 Å². The number of ether oxygens (including phenoxy) is 1. The first kappa shape index (κ1) is 17.7. The molecule has 1 amide bonds. The van der Waals surface area contributed by atoms with Gasteiger partial charge in [-0.3, -0.25) is 9.78 Å². The maximum Gasteiger partial charge on any atom is 0.262 e. The maximum absolute atomic E-state index is 12.1. The summed E-state index contributed by atoms with van der Waals surface area (Å²) in [7, 11) is 0. The van der Waals surface area contributed by atoms with Gasteiger partial charge in [0.05, 0.1) is 22.9 Å². The Kier molecular flexibility index (Phi) is 4.97. The lowest BCUT2D eigenvalue weighted by Crippen LogP contribution is -2.20. The summed E-state index contributed by atoms with van der Waals surface area (Å²) in [5.74, 6) is 0.427. The minimum atomic E-state index is -0.196. The second kappa shape index (κ2) is 7.88. The molecule has 1 aromatic heterocycles. The SMILES string of the molecule is Cc1ccccc1NC(=O)COc1ccc(-c2cnc3ccccc3n2)cc1. The molecule has 5 nitrogen and oxygen atoms in total. The molecule has 4 rings (SSSR count). The highest BCUT2D eigenvalue weighted by Gasteiger charge is 2.07. The average Bonchev–Trinajstić information content (AvgIpc) is 2.74. The van der Waals surface area contributed by atoms with Crippen molar-refractivity contribution >= 4 is 22.6 Å². The van der Waals surface area contributed by atoms with Gasteiger partial charge in [-0.2, -0.15) is 0 Å². The van der Waals surface area contributed by atoms with E-state index in [1.165, 1.54) is 0 Å². The third kappa shape index (κ3) is 3.99. The van der Waals surface area contributed by atoms with Crippen molar-refractivity contribution in [1.82, 2.24) is 9.97 Å². The van der Waals surface area contributed by atoms with Crippen molar-refractivity contribution in [2.75, 3.05) is 11.9 Å². The molecule has 0 aliphatic carbocycles. The normalized spacial score (nSPS) is 10.6. The Morgan fingerprint density at radius 1 is 0.929 bits per heavy atom. The van der Waals surface area contributed by atoms with Gasteiger partial charge in [0, 0.05) is 11.3 Å². The van der Waals surface area contributed by atoms with Gasteiger partial charge in [0.25, 0.3) is 5.91 Å². The first-order valence-corrected chi connectivity index (χ1v) is 8.99. The van der Waals surface area contributed by atoms with E-state index in [0.717, 1.165) is 33.5 Å². The zero-order valence-electron chi connectivity index (χ0n) is 15.4. The first-order valence-electron chi connectivity index (χ1n) is 8.99. The van der Waals surface area contributed by atoms with Gasteiger partial charge in [-0.1, -0.05) is 30.3 Å². The second-order valence-corrected chi connectivity index (χ2v) is 6.42. The van der Waals surface area contributed by atoms with Crippen LogP contribution in [0.1, 0.15) is 5.56 Å². The number of nitrogens with zero attached hydrogens (tertiary/aromatic N) is 2. The number of aryl methyl sites for hydroxylation is 1. The maximum atomic E-state index is 12.1. The van der Waals surface area contributed by atoms with Gasteiger partial charge in [-0.05, 0) is 55.0 Å². The summed E-state index contributed by atoms with van der Waals surface area (Å²) in [5, 5.41) is 2.85. The number of carbonyl (C=O) groups excluding carboxylic acids is 1. The van der Waals surface area contributed by atoms with Crippen molar-refractivity contribution in [3.8, 4) is 17.0 Å². The second-order valence-electron chi connectivity index (χ2n) is 6.42. The van der Waals surface area contributed by atoms with Crippen LogP contribution < -0.4 is 10.1 Å². The Balaban J connectivity index is 1.40. The molecule has 5 heteroatoms. The Morgan fingerprint density at radius 3 is 2.43 bits per heavy atom. The number of aromatic nitrogens is 2. The molecule has 0 fully saturated rings. The fourth-order valence-electron chi connectivity index (χ4n) is 2.87. The minimum Gasteiger partial charge on any atom is -0.484 e. The molecule has 138 valence electrons. The molecular weight excluding hydrogens is 350 g/mol. The molecular formula is C23H19N3O2. The van der Waals surface area contributed by atoms with E-state index in [-0.39, 0.29) is 12.5 Å². The Morgan fingerprint density at radius 2 is 1.64 bits per heavy atom. The van der Waals surface area contributed by atoms with Crippen LogP contribution in [0.2, 0.25) is 0 Å². The zero-order valence-corrected chi connectivity index (χ0v) is 15.4. The van der Waals surface area contributed by atoms with Crippen LogP contribution in [0.25, 0.3) is 22.3 Å². The van der Waals surface area contributed by atoms with Crippen molar-refractivity contribution in [3.05, 3.63) is 84.6 Å². The largest absolute Gasteiger partial charge is 0.484 e. The Labute approximate surface area is 163 Å². The number of nitrogens with one attached hydrogen (secondary N) is 1. The fourth-order valence-corrected chi connectivity index (χ4v) is 2.87. The third-order valence-corrected chi connectivity index (χ3v) is 4.39. The lowest BCUT2D eigenvalue weighted by atomic mass is 10.1. The summed E-state index contributed by atoms with van der Waals surface area (Å²) in [6.07, 6.45) is 1.76. The molecule has 0 unspecified atom stereocenters. The molecule has 0 atom stereocenters. The van der Waals surface area contributed by atoms with Gasteiger partial charge in [-0.25, -0.2) is 4.98 Å². The highest BCUT2D eigenvalue weighted by molar-refractivity contribution is 5.92. The summed E-state index contributed by atoms with van der Waals surface area (Å²) < 4.78 is 5.59. The molecule has 0 aliphatic heterocycles. The van der Waals surface area contributed by atoms with Crippen LogP contribution in [-0.4, -0.2) is 22.5 Å². The van der Waals surface area contributed by atoms with Crippen LogP contribution in [0.5, 0.6) is 5.75 Å². The predicted octanol–water partition coefficient (Wildman–Crippen LogP) is 4.62. The van der Waals surface area contributed by atoms with Crippen LogP contribution in [-0.2, 0) is 4.79 Å². The number of amides is 1. The summed E-state index contributed by atoms with van der Waals surface area (Å²) in [6, 6.07) is 22.9. The zero-order chi connectivity index (χ0) is 19.3. The van der Waals surface area contributed by atoms with E-state index in [9.17, 15) is 4.79 Å². The van der Waals surface area contributed by atoms with Gasteiger partial charge < -0.3 is 10.1 Å². The Bertz CT molecular complexity index is 1120. The molecule has 4 aromatic rings. The quantitative estimate of drug-likeness (QED) is 0.557. The van der Waals surface area contributed by atoms with E-state index in [2.05, 4.69) is 15.3 Å². The summed E-state index contributed by atoms with van der Waals surface area (Å²) in [5.41, 5.74) is 5.26. The van der Waals surface area contributed by atoms with Gasteiger partial charge in [0.1, 0.15) is 5.75 Å². The van der Waals surface area contributed by atoms with Gasteiger partial charge >= 0.3 is 0 Å². The van der Waals surface area contributed by atoms with E-state index in [1.807, 2.05) is 79.7 Å². The lowest BCUT2D eigenvalue weighted by Gasteiger charge is -2.10.